The van der Waals surface area contributed by atoms with Gasteiger partial charge in [0.1, 0.15) is 11.6 Å². The summed E-state index contributed by atoms with van der Waals surface area (Å²) in [6.07, 6.45) is 0. The number of rotatable bonds is 8. The van der Waals surface area contributed by atoms with Gasteiger partial charge in [-0.2, -0.15) is 0 Å². The fourth-order valence-electron chi connectivity index (χ4n) is 2.92. The van der Waals surface area contributed by atoms with E-state index in [-0.39, 0.29) is 22.7 Å². The smallest absolute Gasteiger partial charge is 0.261 e. The Bertz CT molecular complexity index is 1250. The summed E-state index contributed by atoms with van der Waals surface area (Å²) in [5.74, 6) is -0.876. The number of anilines is 2. The van der Waals surface area contributed by atoms with E-state index in [0.717, 1.165) is 0 Å². The highest BCUT2D eigenvalue weighted by Gasteiger charge is 2.18. The molecule has 0 heterocycles. The second-order valence-corrected chi connectivity index (χ2v) is 8.76. The third-order valence-electron chi connectivity index (χ3n) is 4.59. The molecule has 0 spiro atoms. The van der Waals surface area contributed by atoms with Crippen molar-refractivity contribution in [2.24, 2.45) is 0 Å². The lowest BCUT2D eigenvalue weighted by Crippen LogP contribution is -2.35. The second-order valence-electron chi connectivity index (χ2n) is 7.08. The highest BCUT2D eigenvalue weighted by atomic mass is 32.2. The number of nitrogens with zero attached hydrogens (tertiary/aromatic N) is 1. The number of sulfonamides is 1. The van der Waals surface area contributed by atoms with Crippen LogP contribution in [0.2, 0.25) is 0 Å². The van der Waals surface area contributed by atoms with Crippen molar-refractivity contribution in [1.29, 1.82) is 0 Å². The molecular weight excluding hydrogens is 449 g/mol. The number of hydrogen-bond acceptors (Lipinski definition) is 5. The van der Waals surface area contributed by atoms with E-state index < -0.39 is 27.7 Å². The van der Waals surface area contributed by atoms with E-state index in [4.69, 9.17) is 4.74 Å². The van der Waals surface area contributed by atoms with Crippen molar-refractivity contribution < 1.29 is 27.1 Å². The first-order valence-corrected chi connectivity index (χ1v) is 11.2. The molecule has 2 N–H and O–H groups in total. The van der Waals surface area contributed by atoms with Crippen LogP contribution in [-0.2, 0) is 14.8 Å². The molecule has 10 heteroatoms. The van der Waals surface area contributed by atoms with Gasteiger partial charge in [0.25, 0.3) is 15.9 Å². The van der Waals surface area contributed by atoms with Gasteiger partial charge < -0.3 is 15.0 Å². The number of benzene rings is 3. The highest BCUT2D eigenvalue weighted by Crippen LogP contribution is 2.20. The topological polar surface area (TPSA) is 105 Å². The van der Waals surface area contributed by atoms with Crippen molar-refractivity contribution in [1.82, 2.24) is 4.90 Å². The first-order chi connectivity index (χ1) is 15.7. The van der Waals surface area contributed by atoms with Crippen molar-refractivity contribution in [2.75, 3.05) is 30.7 Å². The maximum Gasteiger partial charge on any atom is 0.261 e. The number of carbonyl (C=O) groups excluding carboxylic acids is 2. The quantitative estimate of drug-likeness (QED) is 0.524. The molecule has 0 radical (unpaired) electrons. The number of amides is 2. The van der Waals surface area contributed by atoms with Crippen molar-refractivity contribution >= 4 is 33.2 Å². The zero-order chi connectivity index (χ0) is 24.0. The summed E-state index contributed by atoms with van der Waals surface area (Å²) < 4.78 is 45.9. The Balaban J connectivity index is 1.62. The zero-order valence-corrected chi connectivity index (χ0v) is 18.7. The highest BCUT2D eigenvalue weighted by molar-refractivity contribution is 7.92. The van der Waals surface area contributed by atoms with Crippen LogP contribution in [0, 0.1) is 5.82 Å². The molecule has 0 aliphatic heterocycles. The Labute approximate surface area is 191 Å². The number of halogens is 1. The van der Waals surface area contributed by atoms with Crippen LogP contribution in [0.1, 0.15) is 10.4 Å². The predicted molar refractivity (Wildman–Crippen MR) is 122 cm³/mol. The summed E-state index contributed by atoms with van der Waals surface area (Å²) in [6.45, 7) is -0.269. The van der Waals surface area contributed by atoms with Gasteiger partial charge in [-0.15, -0.1) is 0 Å². The molecule has 0 saturated heterocycles. The number of nitrogens with one attached hydrogen (secondary N) is 2. The molecule has 0 aliphatic carbocycles. The molecule has 172 valence electrons. The van der Waals surface area contributed by atoms with Gasteiger partial charge in [0.05, 0.1) is 18.6 Å². The lowest BCUT2D eigenvalue weighted by Gasteiger charge is -2.17. The average molecular weight is 472 g/mol. The molecule has 0 bridgehead atoms. The molecule has 3 aromatic carbocycles. The maximum absolute atomic E-state index is 13.2. The summed E-state index contributed by atoms with van der Waals surface area (Å²) in [4.78, 5) is 25.9. The first kappa shape index (κ1) is 23.7. The molecule has 2 amide bonds. The largest absolute Gasteiger partial charge is 0.497 e. The number of hydrogen-bond donors (Lipinski definition) is 2. The molecule has 3 rings (SSSR count). The van der Waals surface area contributed by atoms with Crippen molar-refractivity contribution in [3.05, 3.63) is 84.2 Å². The molecule has 0 saturated carbocycles. The zero-order valence-electron chi connectivity index (χ0n) is 17.9. The Morgan fingerprint density at radius 3 is 2.24 bits per heavy atom. The minimum absolute atomic E-state index is 0.0265. The van der Waals surface area contributed by atoms with Gasteiger partial charge in [0.2, 0.25) is 5.91 Å². The Morgan fingerprint density at radius 2 is 1.64 bits per heavy atom. The third kappa shape index (κ3) is 6.30. The van der Waals surface area contributed by atoms with Gasteiger partial charge in [-0.25, -0.2) is 12.8 Å². The molecule has 3 aromatic rings. The summed E-state index contributed by atoms with van der Waals surface area (Å²) in [5, 5.41) is 2.51. The maximum atomic E-state index is 13.2. The van der Waals surface area contributed by atoms with Gasteiger partial charge >= 0.3 is 0 Å². The van der Waals surface area contributed by atoms with E-state index in [9.17, 15) is 22.4 Å². The Kier molecular flexibility index (Phi) is 7.29. The summed E-state index contributed by atoms with van der Waals surface area (Å²) in [7, 11) is -0.919. The van der Waals surface area contributed by atoms with E-state index in [1.54, 1.807) is 24.3 Å². The Hall–Kier alpha value is -3.92. The monoisotopic (exact) mass is 471 g/mol. The number of likely N-dealkylation sites (N-methyl/N-ethyl adjacent to an activating group) is 1. The van der Waals surface area contributed by atoms with Crippen LogP contribution < -0.4 is 14.8 Å². The standard InChI is InChI=1S/C23H22FN3O5S/c1-27(15-22(28)25-19-5-3-4-17(24)14-19)23(29)16-6-12-21(13-7-16)33(30,31)26-18-8-10-20(32-2)11-9-18/h3-14,26H,15H2,1-2H3,(H,25,28). The van der Waals surface area contributed by atoms with Crippen LogP contribution in [0.5, 0.6) is 5.75 Å². The summed E-state index contributed by atoms with van der Waals surface area (Å²) in [6, 6.07) is 17.1. The molecule has 0 fully saturated rings. The third-order valence-corrected chi connectivity index (χ3v) is 5.99. The molecule has 0 aromatic heterocycles. The molecule has 0 atom stereocenters. The SMILES string of the molecule is COc1ccc(NS(=O)(=O)c2ccc(C(=O)N(C)CC(=O)Nc3cccc(F)c3)cc2)cc1. The van der Waals surface area contributed by atoms with Gasteiger partial charge in [-0.05, 0) is 66.7 Å². The second kappa shape index (κ2) is 10.1. The molecule has 0 unspecified atom stereocenters. The fraction of sp³-hybridized carbons (Fsp3) is 0.130. The minimum Gasteiger partial charge on any atom is -0.497 e. The van der Waals surface area contributed by atoms with Crippen LogP contribution in [0.3, 0.4) is 0 Å². The van der Waals surface area contributed by atoms with Crippen molar-refractivity contribution in [3.63, 3.8) is 0 Å². The van der Waals surface area contributed by atoms with Gasteiger partial charge in [0, 0.05) is 24.0 Å². The van der Waals surface area contributed by atoms with E-state index in [2.05, 4.69) is 10.0 Å². The van der Waals surface area contributed by atoms with Crippen LogP contribution in [0.4, 0.5) is 15.8 Å². The molecule has 33 heavy (non-hydrogen) atoms. The predicted octanol–water partition coefficient (Wildman–Crippen LogP) is 3.35. The average Bonchev–Trinajstić information content (AvgIpc) is 2.79. The molecule has 0 aliphatic rings. The number of ether oxygens (including phenoxy) is 1. The number of carbonyl (C=O) groups is 2. The normalized spacial score (nSPS) is 10.9. The fourth-order valence-corrected chi connectivity index (χ4v) is 3.98. The van der Waals surface area contributed by atoms with Crippen molar-refractivity contribution in [2.45, 2.75) is 4.90 Å². The van der Waals surface area contributed by atoms with E-state index in [1.807, 2.05) is 0 Å². The molecule has 8 nitrogen and oxygen atoms in total. The lowest BCUT2D eigenvalue weighted by atomic mass is 10.2. The van der Waals surface area contributed by atoms with E-state index >= 15 is 0 Å². The summed E-state index contributed by atoms with van der Waals surface area (Å²) in [5.41, 5.74) is 0.846. The van der Waals surface area contributed by atoms with Gasteiger partial charge in [-0.3, -0.25) is 14.3 Å². The summed E-state index contributed by atoms with van der Waals surface area (Å²) >= 11 is 0. The first-order valence-electron chi connectivity index (χ1n) is 9.76. The molecular formula is C23H22FN3O5S. The van der Waals surface area contributed by atoms with Crippen LogP contribution in [0.15, 0.2) is 77.7 Å². The van der Waals surface area contributed by atoms with E-state index in [0.29, 0.717) is 11.4 Å². The Morgan fingerprint density at radius 1 is 0.970 bits per heavy atom. The number of methoxy groups -OCH3 is 1. The van der Waals surface area contributed by atoms with Crippen LogP contribution in [0.25, 0.3) is 0 Å². The lowest BCUT2D eigenvalue weighted by molar-refractivity contribution is -0.116. The minimum atomic E-state index is -3.86. The van der Waals surface area contributed by atoms with Crippen molar-refractivity contribution in [3.8, 4) is 5.75 Å². The van der Waals surface area contributed by atoms with Gasteiger partial charge in [-0.1, -0.05) is 6.07 Å². The van der Waals surface area contributed by atoms with Crippen LogP contribution >= 0.6 is 0 Å². The van der Waals surface area contributed by atoms with Crippen LogP contribution in [-0.4, -0.2) is 45.8 Å². The van der Waals surface area contributed by atoms with E-state index in [1.165, 1.54) is 67.6 Å². The van der Waals surface area contributed by atoms with Gasteiger partial charge in [0.15, 0.2) is 0 Å².